The molecule has 0 saturated heterocycles. The van der Waals surface area contributed by atoms with Crippen LogP contribution in [0.25, 0.3) is 10.4 Å². The second-order valence-electron chi connectivity index (χ2n) is 4.30. The average Bonchev–Trinajstić information content (AvgIpc) is 2.40. The summed E-state index contributed by atoms with van der Waals surface area (Å²) >= 11 is 0. The maximum Gasteiger partial charge on any atom is 0.119 e. The van der Waals surface area contributed by atoms with Gasteiger partial charge in [0.15, 0.2) is 0 Å². The summed E-state index contributed by atoms with van der Waals surface area (Å²) < 4.78 is 5.61. The Morgan fingerprint density at radius 1 is 1.06 bits per heavy atom. The van der Waals surface area contributed by atoms with Crippen LogP contribution in [0.3, 0.4) is 0 Å². The molecular weight excluding hydrogens is 226 g/mol. The van der Waals surface area contributed by atoms with E-state index in [4.69, 9.17) is 10.3 Å². The summed E-state index contributed by atoms with van der Waals surface area (Å²) in [4.78, 5) is 2.73. The molecule has 0 unspecified atom stereocenters. The third kappa shape index (κ3) is 6.16. The van der Waals surface area contributed by atoms with Gasteiger partial charge >= 0.3 is 0 Å². The van der Waals surface area contributed by atoms with E-state index in [0.29, 0.717) is 5.69 Å². The van der Waals surface area contributed by atoms with Crippen molar-refractivity contribution in [3.05, 3.63) is 34.7 Å². The van der Waals surface area contributed by atoms with Crippen LogP contribution < -0.4 is 4.74 Å². The first-order valence-corrected chi connectivity index (χ1v) is 6.64. The summed E-state index contributed by atoms with van der Waals surface area (Å²) in [5.41, 5.74) is 8.89. The summed E-state index contributed by atoms with van der Waals surface area (Å²) in [7, 11) is 0. The van der Waals surface area contributed by atoms with E-state index in [-0.39, 0.29) is 0 Å². The Kier molecular flexibility index (Phi) is 7.49. The van der Waals surface area contributed by atoms with Gasteiger partial charge in [0.05, 0.1) is 6.61 Å². The molecule has 0 aliphatic rings. The van der Waals surface area contributed by atoms with Crippen molar-refractivity contribution in [1.82, 2.24) is 0 Å². The molecular formula is C14H21N3O. The van der Waals surface area contributed by atoms with E-state index in [1.54, 1.807) is 12.1 Å². The van der Waals surface area contributed by atoms with E-state index in [0.717, 1.165) is 18.8 Å². The number of ether oxygens (including phenoxy) is 1. The van der Waals surface area contributed by atoms with Crippen LogP contribution >= 0.6 is 0 Å². The lowest BCUT2D eigenvalue weighted by molar-refractivity contribution is 0.304. The van der Waals surface area contributed by atoms with Gasteiger partial charge in [-0.05, 0) is 36.2 Å². The highest BCUT2D eigenvalue weighted by Gasteiger charge is 1.94. The lowest BCUT2D eigenvalue weighted by atomic mass is 10.1. The van der Waals surface area contributed by atoms with Crippen molar-refractivity contribution in [2.45, 2.75) is 45.4 Å². The second kappa shape index (κ2) is 9.37. The fourth-order valence-corrected chi connectivity index (χ4v) is 1.73. The van der Waals surface area contributed by atoms with Gasteiger partial charge in [0, 0.05) is 10.6 Å². The number of nitrogens with zero attached hydrogens (tertiary/aromatic N) is 3. The van der Waals surface area contributed by atoms with Gasteiger partial charge in [-0.3, -0.25) is 0 Å². The Balaban J connectivity index is 2.13. The summed E-state index contributed by atoms with van der Waals surface area (Å²) in [6, 6.07) is 7.19. The van der Waals surface area contributed by atoms with E-state index in [9.17, 15) is 0 Å². The van der Waals surface area contributed by atoms with Crippen LogP contribution in [0, 0.1) is 0 Å². The molecule has 0 spiro atoms. The smallest absolute Gasteiger partial charge is 0.119 e. The van der Waals surface area contributed by atoms with E-state index in [2.05, 4.69) is 16.9 Å². The highest BCUT2D eigenvalue weighted by atomic mass is 16.5. The van der Waals surface area contributed by atoms with E-state index < -0.39 is 0 Å². The zero-order chi connectivity index (χ0) is 13.1. The van der Waals surface area contributed by atoms with Gasteiger partial charge < -0.3 is 4.74 Å². The largest absolute Gasteiger partial charge is 0.494 e. The summed E-state index contributed by atoms with van der Waals surface area (Å²) in [6.07, 6.45) is 7.58. The van der Waals surface area contributed by atoms with Crippen molar-refractivity contribution in [3.8, 4) is 5.75 Å². The highest BCUT2D eigenvalue weighted by molar-refractivity contribution is 5.40. The van der Waals surface area contributed by atoms with Gasteiger partial charge in [-0.2, -0.15) is 0 Å². The molecule has 0 saturated carbocycles. The molecule has 4 nitrogen and oxygen atoms in total. The molecule has 18 heavy (non-hydrogen) atoms. The number of hydrogen-bond donors (Lipinski definition) is 0. The lowest BCUT2D eigenvalue weighted by Crippen LogP contribution is -1.96. The Morgan fingerprint density at radius 2 is 1.72 bits per heavy atom. The predicted molar refractivity (Wildman–Crippen MR) is 74.1 cm³/mol. The molecule has 1 aromatic rings. The summed E-state index contributed by atoms with van der Waals surface area (Å²) in [6.45, 7) is 2.98. The molecule has 1 aromatic carbocycles. The van der Waals surface area contributed by atoms with Crippen molar-refractivity contribution in [1.29, 1.82) is 0 Å². The molecule has 0 N–H and O–H groups in total. The average molecular weight is 247 g/mol. The molecule has 1 rings (SSSR count). The van der Waals surface area contributed by atoms with Crippen molar-refractivity contribution in [3.63, 3.8) is 0 Å². The van der Waals surface area contributed by atoms with Crippen LogP contribution in [-0.2, 0) is 0 Å². The Morgan fingerprint density at radius 3 is 2.39 bits per heavy atom. The first kappa shape index (κ1) is 14.4. The quantitative estimate of drug-likeness (QED) is 0.250. The van der Waals surface area contributed by atoms with Crippen LogP contribution in [0.4, 0.5) is 5.69 Å². The van der Waals surface area contributed by atoms with E-state index in [1.165, 1.54) is 32.1 Å². The van der Waals surface area contributed by atoms with Crippen molar-refractivity contribution >= 4 is 5.69 Å². The highest BCUT2D eigenvalue weighted by Crippen LogP contribution is 2.18. The van der Waals surface area contributed by atoms with E-state index in [1.807, 2.05) is 12.1 Å². The molecule has 4 heteroatoms. The Labute approximate surface area is 109 Å². The fourth-order valence-electron chi connectivity index (χ4n) is 1.73. The summed E-state index contributed by atoms with van der Waals surface area (Å²) in [5, 5.41) is 3.51. The number of benzene rings is 1. The van der Waals surface area contributed by atoms with Gasteiger partial charge in [-0.1, -0.05) is 44.1 Å². The molecule has 0 aromatic heterocycles. The van der Waals surface area contributed by atoms with Crippen LogP contribution in [0.5, 0.6) is 5.75 Å². The maximum absolute atomic E-state index is 8.28. The summed E-state index contributed by atoms with van der Waals surface area (Å²) in [5.74, 6) is 0.834. The minimum Gasteiger partial charge on any atom is -0.494 e. The molecule has 98 valence electrons. The number of hydrogen-bond acceptors (Lipinski definition) is 2. The monoisotopic (exact) mass is 247 g/mol. The zero-order valence-electron chi connectivity index (χ0n) is 11.0. The molecule has 0 radical (unpaired) electrons. The van der Waals surface area contributed by atoms with Crippen molar-refractivity contribution < 1.29 is 4.74 Å². The molecule has 0 aliphatic heterocycles. The van der Waals surface area contributed by atoms with Crippen molar-refractivity contribution in [2.75, 3.05) is 6.61 Å². The molecule has 0 heterocycles. The second-order valence-corrected chi connectivity index (χ2v) is 4.30. The fraction of sp³-hybridized carbons (Fsp3) is 0.571. The Hall–Kier alpha value is -1.67. The molecule has 0 fully saturated rings. The topological polar surface area (TPSA) is 58.0 Å². The number of unbranched alkanes of at least 4 members (excludes halogenated alkanes) is 5. The third-order valence-corrected chi connectivity index (χ3v) is 2.76. The zero-order valence-corrected chi connectivity index (χ0v) is 11.0. The lowest BCUT2D eigenvalue weighted by Gasteiger charge is -2.06. The molecule has 0 aliphatic carbocycles. The van der Waals surface area contributed by atoms with Gasteiger partial charge in [0.2, 0.25) is 0 Å². The van der Waals surface area contributed by atoms with E-state index >= 15 is 0 Å². The standard InChI is InChI=1S/C14H21N3O/c1-2-3-4-5-6-7-12-18-14-10-8-13(9-11-14)16-17-15/h8-11H,2-7,12H2,1H3. The van der Waals surface area contributed by atoms with Gasteiger partial charge in [-0.15, -0.1) is 0 Å². The normalized spacial score (nSPS) is 9.83. The first-order valence-electron chi connectivity index (χ1n) is 6.64. The minimum atomic E-state index is 0.615. The molecule has 0 atom stereocenters. The number of azide groups is 1. The van der Waals surface area contributed by atoms with Crippen LogP contribution in [-0.4, -0.2) is 6.61 Å². The van der Waals surface area contributed by atoms with Gasteiger partial charge in [0.25, 0.3) is 0 Å². The van der Waals surface area contributed by atoms with Crippen LogP contribution in [0.15, 0.2) is 29.4 Å². The third-order valence-electron chi connectivity index (χ3n) is 2.76. The minimum absolute atomic E-state index is 0.615. The molecule has 0 amide bonds. The SMILES string of the molecule is CCCCCCCCOc1ccc(N=[N+]=[N-])cc1. The first-order chi connectivity index (χ1) is 8.86. The Bertz CT molecular complexity index is 369. The number of rotatable bonds is 9. The van der Waals surface area contributed by atoms with Crippen LogP contribution in [0.1, 0.15) is 45.4 Å². The maximum atomic E-state index is 8.28. The van der Waals surface area contributed by atoms with Gasteiger partial charge in [0.1, 0.15) is 5.75 Å². The predicted octanol–water partition coefficient (Wildman–Crippen LogP) is 5.37. The van der Waals surface area contributed by atoms with Crippen LogP contribution in [0.2, 0.25) is 0 Å². The van der Waals surface area contributed by atoms with Gasteiger partial charge in [-0.25, -0.2) is 0 Å². The molecule has 0 bridgehead atoms. The van der Waals surface area contributed by atoms with Crippen molar-refractivity contribution in [2.24, 2.45) is 5.11 Å².